The summed E-state index contributed by atoms with van der Waals surface area (Å²) in [6.07, 6.45) is 1.93. The average Bonchev–Trinajstić information content (AvgIpc) is 2.73. The predicted octanol–water partition coefficient (Wildman–Crippen LogP) is 3.07. The summed E-state index contributed by atoms with van der Waals surface area (Å²) < 4.78 is 0. The molecule has 0 aliphatic rings. The van der Waals surface area contributed by atoms with Gasteiger partial charge in [0.25, 0.3) is 5.56 Å². The number of aromatic nitrogens is 2. The van der Waals surface area contributed by atoms with Crippen molar-refractivity contribution in [3.8, 4) is 0 Å². The Morgan fingerprint density at radius 2 is 1.80 bits per heavy atom. The molecule has 0 bridgehead atoms. The maximum absolute atomic E-state index is 11.0. The average molecular weight is 314 g/mol. The first-order valence-corrected chi connectivity index (χ1v) is 7.18. The number of hydrogen-bond donors (Lipinski definition) is 2. The quantitative estimate of drug-likeness (QED) is 0.861. The van der Waals surface area contributed by atoms with Gasteiger partial charge in [-0.25, -0.2) is 0 Å². The first kappa shape index (κ1) is 15.2. The number of rotatable bonds is 6. The number of halogens is 2. The third-order valence-corrected chi connectivity index (χ3v) is 3.46. The molecule has 1 aromatic carbocycles. The van der Waals surface area contributed by atoms with Crippen molar-refractivity contribution in [2.24, 2.45) is 0 Å². The minimum Gasteiger partial charge on any atom is -0.301 e. The van der Waals surface area contributed by atoms with Gasteiger partial charge in [-0.2, -0.15) is 0 Å². The van der Waals surface area contributed by atoms with Crippen LogP contribution in [0.2, 0.25) is 10.0 Å². The van der Waals surface area contributed by atoms with Gasteiger partial charge >= 0.3 is 0 Å². The zero-order chi connectivity index (χ0) is 14.5. The Hall–Kier alpha value is -1.23. The predicted molar refractivity (Wildman–Crippen MR) is 82.5 cm³/mol. The van der Waals surface area contributed by atoms with E-state index in [0.29, 0.717) is 10.0 Å². The van der Waals surface area contributed by atoms with Crippen LogP contribution in [-0.4, -0.2) is 28.7 Å². The maximum Gasteiger partial charge on any atom is 0.264 e. The fourth-order valence-corrected chi connectivity index (χ4v) is 2.71. The summed E-state index contributed by atoms with van der Waals surface area (Å²) in [6, 6.07) is 7.20. The molecule has 0 unspecified atom stereocenters. The molecule has 2 aromatic rings. The van der Waals surface area contributed by atoms with Crippen LogP contribution >= 0.6 is 23.2 Å². The molecular weight excluding hydrogens is 297 g/mol. The number of nitrogens with one attached hydrogen (secondary N) is 2. The van der Waals surface area contributed by atoms with Crippen LogP contribution in [0.15, 0.2) is 29.1 Å². The summed E-state index contributed by atoms with van der Waals surface area (Å²) in [5.74, 6) is 0. The molecule has 0 radical (unpaired) electrons. The van der Waals surface area contributed by atoms with E-state index in [1.807, 2.05) is 19.2 Å². The van der Waals surface area contributed by atoms with E-state index in [1.54, 1.807) is 12.1 Å². The molecule has 1 aromatic heterocycles. The van der Waals surface area contributed by atoms with E-state index in [1.165, 1.54) is 0 Å². The van der Waals surface area contributed by atoms with Crippen molar-refractivity contribution in [2.45, 2.75) is 19.4 Å². The summed E-state index contributed by atoms with van der Waals surface area (Å²) in [7, 11) is 2.02. The van der Waals surface area contributed by atoms with Crippen molar-refractivity contribution < 1.29 is 0 Å². The third kappa shape index (κ3) is 4.71. The second-order valence-electron chi connectivity index (χ2n) is 4.90. The molecular formula is C14H17Cl2N3O. The van der Waals surface area contributed by atoms with Crippen LogP contribution in [0.5, 0.6) is 0 Å². The molecule has 0 saturated heterocycles. The highest BCUT2D eigenvalue weighted by Crippen LogP contribution is 2.20. The molecule has 4 nitrogen and oxygen atoms in total. The second kappa shape index (κ2) is 6.97. The molecule has 2 N–H and O–H groups in total. The molecule has 0 atom stereocenters. The van der Waals surface area contributed by atoms with Crippen molar-refractivity contribution in [3.63, 3.8) is 0 Å². The molecule has 0 aliphatic heterocycles. The third-order valence-electron chi connectivity index (χ3n) is 3.02. The lowest BCUT2D eigenvalue weighted by Gasteiger charge is -2.15. The van der Waals surface area contributed by atoms with E-state index in [0.717, 1.165) is 37.2 Å². The highest BCUT2D eigenvalue weighted by Gasteiger charge is 2.04. The molecule has 0 aliphatic carbocycles. The molecule has 0 spiro atoms. The number of H-pyrrole nitrogens is 2. The van der Waals surface area contributed by atoms with Gasteiger partial charge in [0.1, 0.15) is 0 Å². The van der Waals surface area contributed by atoms with Crippen molar-refractivity contribution in [3.05, 3.63) is 55.9 Å². The van der Waals surface area contributed by atoms with Gasteiger partial charge in [0.15, 0.2) is 0 Å². The molecule has 1 heterocycles. The molecule has 2 rings (SSSR count). The minimum atomic E-state index is -0.0954. The van der Waals surface area contributed by atoms with Crippen LogP contribution in [0.3, 0.4) is 0 Å². The smallest absolute Gasteiger partial charge is 0.264 e. The SMILES string of the molecule is CN(CCCc1cc(Cl)cc(Cl)c1)Cc1cc(=O)[nH][nH]1. The minimum absolute atomic E-state index is 0.0954. The summed E-state index contributed by atoms with van der Waals surface area (Å²) in [4.78, 5) is 13.2. The summed E-state index contributed by atoms with van der Waals surface area (Å²) >= 11 is 11.9. The Morgan fingerprint density at radius 3 is 2.40 bits per heavy atom. The Labute approximate surface area is 127 Å². The zero-order valence-electron chi connectivity index (χ0n) is 11.2. The van der Waals surface area contributed by atoms with Gasteiger partial charge < -0.3 is 10.00 Å². The Kier molecular flexibility index (Phi) is 5.29. The van der Waals surface area contributed by atoms with Crippen molar-refractivity contribution in [1.82, 2.24) is 15.1 Å². The summed E-state index contributed by atoms with van der Waals surface area (Å²) in [6.45, 7) is 1.65. The van der Waals surface area contributed by atoms with E-state index in [-0.39, 0.29) is 5.56 Å². The van der Waals surface area contributed by atoms with E-state index in [2.05, 4.69) is 15.1 Å². The number of aromatic amines is 2. The van der Waals surface area contributed by atoms with E-state index in [4.69, 9.17) is 23.2 Å². The van der Waals surface area contributed by atoms with E-state index >= 15 is 0 Å². The van der Waals surface area contributed by atoms with Crippen LogP contribution in [0.1, 0.15) is 17.7 Å². The normalized spacial score (nSPS) is 11.2. The Morgan fingerprint density at radius 1 is 1.10 bits per heavy atom. The fraction of sp³-hybridized carbons (Fsp3) is 0.357. The Balaban J connectivity index is 1.78. The standard InChI is InChI=1S/C14H17Cl2N3O/c1-19(9-13-8-14(20)18-17-13)4-2-3-10-5-11(15)7-12(16)6-10/h5-8H,2-4,9H2,1H3,(H2,17,18,20). The largest absolute Gasteiger partial charge is 0.301 e. The van der Waals surface area contributed by atoms with E-state index < -0.39 is 0 Å². The second-order valence-corrected chi connectivity index (χ2v) is 5.78. The van der Waals surface area contributed by atoms with Crippen LogP contribution in [0, 0.1) is 0 Å². The Bertz CT molecular complexity index is 601. The number of aryl methyl sites for hydroxylation is 1. The molecule has 0 saturated carbocycles. The summed E-state index contributed by atoms with van der Waals surface area (Å²) in [5, 5.41) is 6.72. The lowest BCUT2D eigenvalue weighted by Crippen LogP contribution is -2.19. The van der Waals surface area contributed by atoms with Gasteiger partial charge in [0, 0.05) is 22.7 Å². The monoisotopic (exact) mass is 313 g/mol. The van der Waals surface area contributed by atoms with Crippen molar-refractivity contribution in [1.29, 1.82) is 0 Å². The van der Waals surface area contributed by atoms with Gasteiger partial charge in [0.05, 0.1) is 5.69 Å². The van der Waals surface area contributed by atoms with Crippen LogP contribution in [-0.2, 0) is 13.0 Å². The van der Waals surface area contributed by atoms with Crippen molar-refractivity contribution >= 4 is 23.2 Å². The maximum atomic E-state index is 11.0. The topological polar surface area (TPSA) is 51.9 Å². The van der Waals surface area contributed by atoms with Crippen LogP contribution in [0.25, 0.3) is 0 Å². The zero-order valence-corrected chi connectivity index (χ0v) is 12.8. The van der Waals surface area contributed by atoms with E-state index in [9.17, 15) is 4.79 Å². The summed E-state index contributed by atoms with van der Waals surface area (Å²) in [5.41, 5.74) is 1.94. The highest BCUT2D eigenvalue weighted by molar-refractivity contribution is 6.34. The van der Waals surface area contributed by atoms with Crippen LogP contribution in [0.4, 0.5) is 0 Å². The molecule has 108 valence electrons. The van der Waals surface area contributed by atoms with Gasteiger partial charge in [-0.15, -0.1) is 0 Å². The first-order chi connectivity index (χ1) is 9.52. The van der Waals surface area contributed by atoms with Gasteiger partial charge in [-0.05, 0) is 50.2 Å². The number of nitrogens with zero attached hydrogens (tertiary/aromatic N) is 1. The number of benzene rings is 1. The van der Waals surface area contributed by atoms with Crippen molar-refractivity contribution in [2.75, 3.05) is 13.6 Å². The molecule has 20 heavy (non-hydrogen) atoms. The molecule has 0 amide bonds. The highest BCUT2D eigenvalue weighted by atomic mass is 35.5. The first-order valence-electron chi connectivity index (χ1n) is 6.43. The number of hydrogen-bond acceptors (Lipinski definition) is 2. The lowest BCUT2D eigenvalue weighted by molar-refractivity contribution is 0.318. The van der Waals surface area contributed by atoms with Gasteiger partial charge in [-0.3, -0.25) is 9.89 Å². The fourth-order valence-electron chi connectivity index (χ4n) is 2.14. The van der Waals surface area contributed by atoms with Gasteiger partial charge in [0.2, 0.25) is 0 Å². The molecule has 6 heteroatoms. The molecule has 0 fully saturated rings. The van der Waals surface area contributed by atoms with Gasteiger partial charge in [-0.1, -0.05) is 23.2 Å². The van der Waals surface area contributed by atoms with Crippen LogP contribution < -0.4 is 5.56 Å². The lowest BCUT2D eigenvalue weighted by atomic mass is 10.1.